The average Bonchev–Trinajstić information content (AvgIpc) is 2.57. The number of hydrogen-bond donors (Lipinski definition) is 1. The molecule has 26 heavy (non-hydrogen) atoms. The number of aliphatic hydroxyl groups is 1. The summed E-state index contributed by atoms with van der Waals surface area (Å²) < 4.78 is 22.5. The summed E-state index contributed by atoms with van der Waals surface area (Å²) in [5, 5.41) is 9.80. The van der Waals surface area contributed by atoms with Gasteiger partial charge in [-0.15, -0.1) is 0 Å². The maximum atomic E-state index is 12.6. The third-order valence-corrected chi connectivity index (χ3v) is 5.59. The maximum absolute atomic E-state index is 12.6. The maximum Gasteiger partial charge on any atom is 0.253 e. The van der Waals surface area contributed by atoms with E-state index in [1.807, 2.05) is 29.2 Å². The molecule has 0 aliphatic carbocycles. The van der Waals surface area contributed by atoms with E-state index in [2.05, 4.69) is 4.90 Å². The van der Waals surface area contributed by atoms with Crippen LogP contribution in [0.2, 0.25) is 0 Å². The third-order valence-electron chi connectivity index (χ3n) is 4.66. The lowest BCUT2D eigenvalue weighted by Crippen LogP contribution is -2.49. The third kappa shape index (κ3) is 7.05. The van der Waals surface area contributed by atoms with E-state index >= 15 is 0 Å². The SMILES string of the molecule is CC(C)(O)CCc1ccc(C(=O)N2CCN(CCS(C)(=O)=O)CC2)cc1. The number of hydrogen-bond acceptors (Lipinski definition) is 5. The van der Waals surface area contributed by atoms with Crippen LogP contribution in [0.3, 0.4) is 0 Å². The van der Waals surface area contributed by atoms with Crippen molar-refractivity contribution < 1.29 is 18.3 Å². The first-order chi connectivity index (χ1) is 12.0. The van der Waals surface area contributed by atoms with Gasteiger partial charge in [0, 0.05) is 44.5 Å². The van der Waals surface area contributed by atoms with Crippen molar-refractivity contribution in [2.75, 3.05) is 44.7 Å². The monoisotopic (exact) mass is 382 g/mol. The first kappa shape index (κ1) is 20.9. The Morgan fingerprint density at radius 3 is 2.19 bits per heavy atom. The Morgan fingerprint density at radius 1 is 1.12 bits per heavy atom. The fourth-order valence-electron chi connectivity index (χ4n) is 2.92. The Bertz CT molecular complexity index is 700. The van der Waals surface area contributed by atoms with Crippen molar-refractivity contribution in [1.29, 1.82) is 0 Å². The molecule has 0 spiro atoms. The minimum atomic E-state index is -2.95. The van der Waals surface area contributed by atoms with Crippen LogP contribution in [0.5, 0.6) is 0 Å². The minimum absolute atomic E-state index is 0.0156. The van der Waals surface area contributed by atoms with Crippen LogP contribution in [0.25, 0.3) is 0 Å². The second kappa shape index (κ2) is 8.50. The summed E-state index contributed by atoms with van der Waals surface area (Å²) in [6, 6.07) is 7.58. The summed E-state index contributed by atoms with van der Waals surface area (Å²) in [4.78, 5) is 16.5. The molecule has 0 atom stereocenters. The smallest absolute Gasteiger partial charge is 0.253 e. The number of piperazine rings is 1. The van der Waals surface area contributed by atoms with Crippen molar-refractivity contribution in [2.45, 2.75) is 32.3 Å². The summed E-state index contributed by atoms with van der Waals surface area (Å²) in [6.45, 7) is 6.74. The first-order valence-electron chi connectivity index (χ1n) is 9.04. The van der Waals surface area contributed by atoms with E-state index in [0.717, 1.165) is 12.0 Å². The molecule has 0 bridgehead atoms. The van der Waals surface area contributed by atoms with Gasteiger partial charge in [0.1, 0.15) is 9.84 Å². The van der Waals surface area contributed by atoms with Crippen LogP contribution in [0.15, 0.2) is 24.3 Å². The molecule has 1 heterocycles. The Balaban J connectivity index is 1.84. The van der Waals surface area contributed by atoms with Crippen molar-refractivity contribution in [3.8, 4) is 0 Å². The molecule has 1 aliphatic heterocycles. The second-order valence-electron chi connectivity index (χ2n) is 7.77. The van der Waals surface area contributed by atoms with Gasteiger partial charge in [-0.25, -0.2) is 8.42 Å². The minimum Gasteiger partial charge on any atom is -0.390 e. The zero-order valence-corrected chi connectivity index (χ0v) is 16.8. The Kier molecular flexibility index (Phi) is 6.82. The second-order valence-corrected chi connectivity index (χ2v) is 10.0. The molecule has 1 saturated heterocycles. The molecule has 1 aliphatic rings. The topological polar surface area (TPSA) is 77.9 Å². The van der Waals surface area contributed by atoms with Gasteiger partial charge in [0.25, 0.3) is 5.91 Å². The van der Waals surface area contributed by atoms with E-state index in [9.17, 15) is 18.3 Å². The van der Waals surface area contributed by atoms with Crippen molar-refractivity contribution in [2.24, 2.45) is 0 Å². The van der Waals surface area contributed by atoms with Gasteiger partial charge in [0.05, 0.1) is 11.4 Å². The Labute approximate surface area is 156 Å². The number of benzene rings is 1. The predicted molar refractivity (Wildman–Crippen MR) is 103 cm³/mol. The zero-order valence-electron chi connectivity index (χ0n) is 15.9. The highest BCUT2D eigenvalue weighted by Gasteiger charge is 2.22. The van der Waals surface area contributed by atoms with Gasteiger partial charge in [-0.1, -0.05) is 12.1 Å². The van der Waals surface area contributed by atoms with E-state index < -0.39 is 15.4 Å². The molecule has 0 unspecified atom stereocenters. The van der Waals surface area contributed by atoms with Gasteiger partial charge in [-0.2, -0.15) is 0 Å². The van der Waals surface area contributed by atoms with Gasteiger partial charge < -0.3 is 10.0 Å². The van der Waals surface area contributed by atoms with E-state index in [0.29, 0.717) is 44.7 Å². The molecule has 1 aromatic rings. The molecule has 1 aromatic carbocycles. The van der Waals surface area contributed by atoms with E-state index in [1.165, 1.54) is 6.26 Å². The fraction of sp³-hybridized carbons (Fsp3) is 0.632. The van der Waals surface area contributed by atoms with Crippen LogP contribution in [-0.2, 0) is 16.3 Å². The van der Waals surface area contributed by atoms with Crippen molar-refractivity contribution in [3.05, 3.63) is 35.4 Å². The first-order valence-corrected chi connectivity index (χ1v) is 11.1. The number of carbonyl (C=O) groups is 1. The number of rotatable bonds is 7. The molecule has 6 nitrogen and oxygen atoms in total. The Morgan fingerprint density at radius 2 is 1.69 bits per heavy atom. The van der Waals surface area contributed by atoms with Gasteiger partial charge in [0.15, 0.2) is 0 Å². The highest BCUT2D eigenvalue weighted by Crippen LogP contribution is 2.15. The van der Waals surface area contributed by atoms with Crippen molar-refractivity contribution >= 4 is 15.7 Å². The number of sulfone groups is 1. The molecule has 1 amide bonds. The molecule has 0 saturated carbocycles. The Hall–Kier alpha value is -1.44. The molecule has 0 aromatic heterocycles. The molecule has 1 N–H and O–H groups in total. The summed E-state index contributed by atoms with van der Waals surface area (Å²) in [7, 11) is -2.95. The standard InChI is InChI=1S/C19H30N2O4S/c1-19(2,23)9-8-16-4-6-17(7-5-16)18(22)21-12-10-20(11-13-21)14-15-26(3,24)25/h4-7,23H,8-15H2,1-3H3. The predicted octanol–water partition coefficient (Wildman–Crippen LogP) is 1.19. The number of nitrogens with zero attached hydrogens (tertiary/aromatic N) is 2. The van der Waals surface area contributed by atoms with Crippen LogP contribution < -0.4 is 0 Å². The molecular formula is C19H30N2O4S. The quantitative estimate of drug-likeness (QED) is 0.767. The molecule has 2 rings (SSSR count). The lowest BCUT2D eigenvalue weighted by atomic mass is 9.98. The van der Waals surface area contributed by atoms with E-state index in [-0.39, 0.29) is 11.7 Å². The molecule has 7 heteroatoms. The lowest BCUT2D eigenvalue weighted by molar-refractivity contribution is 0.0643. The van der Waals surface area contributed by atoms with Gasteiger partial charge >= 0.3 is 0 Å². The summed E-state index contributed by atoms with van der Waals surface area (Å²) in [6.07, 6.45) is 2.70. The average molecular weight is 383 g/mol. The highest BCUT2D eigenvalue weighted by atomic mass is 32.2. The molecule has 1 fully saturated rings. The van der Waals surface area contributed by atoms with Gasteiger partial charge in [-0.05, 0) is 44.4 Å². The van der Waals surface area contributed by atoms with Crippen LogP contribution >= 0.6 is 0 Å². The van der Waals surface area contributed by atoms with Crippen molar-refractivity contribution in [3.63, 3.8) is 0 Å². The number of carbonyl (C=O) groups excluding carboxylic acids is 1. The number of amides is 1. The highest BCUT2D eigenvalue weighted by molar-refractivity contribution is 7.90. The zero-order chi connectivity index (χ0) is 19.4. The van der Waals surface area contributed by atoms with Crippen LogP contribution in [0.4, 0.5) is 0 Å². The van der Waals surface area contributed by atoms with Gasteiger partial charge in [-0.3, -0.25) is 9.69 Å². The largest absolute Gasteiger partial charge is 0.390 e. The van der Waals surface area contributed by atoms with E-state index in [4.69, 9.17) is 0 Å². The summed E-state index contributed by atoms with van der Waals surface area (Å²) in [5.41, 5.74) is 1.08. The van der Waals surface area contributed by atoms with Crippen LogP contribution in [-0.4, -0.2) is 79.6 Å². The summed E-state index contributed by atoms with van der Waals surface area (Å²) in [5.74, 6) is 0.175. The van der Waals surface area contributed by atoms with E-state index in [1.54, 1.807) is 13.8 Å². The fourth-order valence-corrected chi connectivity index (χ4v) is 3.51. The van der Waals surface area contributed by atoms with Gasteiger partial charge in [0.2, 0.25) is 0 Å². The molecular weight excluding hydrogens is 352 g/mol. The molecule has 0 radical (unpaired) electrons. The van der Waals surface area contributed by atoms with Crippen LogP contribution in [0, 0.1) is 0 Å². The lowest BCUT2D eigenvalue weighted by Gasteiger charge is -2.34. The summed E-state index contributed by atoms with van der Waals surface area (Å²) >= 11 is 0. The number of aryl methyl sites for hydroxylation is 1. The van der Waals surface area contributed by atoms with Crippen molar-refractivity contribution in [1.82, 2.24) is 9.80 Å². The molecule has 146 valence electrons. The van der Waals surface area contributed by atoms with Crippen LogP contribution in [0.1, 0.15) is 36.2 Å². The normalized spacial score (nSPS) is 16.7.